The van der Waals surface area contributed by atoms with Gasteiger partial charge in [0.25, 0.3) is 0 Å². The molecule has 0 aromatic rings. The number of sulfone groups is 1. The largest absolute Gasteiger partial charge is 0.349 e. The highest BCUT2D eigenvalue weighted by Gasteiger charge is 2.16. The number of ketones is 1. The van der Waals surface area contributed by atoms with Crippen molar-refractivity contribution < 1.29 is 22.7 Å². The highest BCUT2D eigenvalue weighted by atomic mass is 32.2. The summed E-state index contributed by atoms with van der Waals surface area (Å²) in [5, 5.41) is 0. The van der Waals surface area contributed by atoms with E-state index in [0.717, 1.165) is 6.26 Å². The van der Waals surface area contributed by atoms with E-state index in [4.69, 9.17) is 9.47 Å². The van der Waals surface area contributed by atoms with Crippen LogP contribution in [-0.4, -0.2) is 46.7 Å². The minimum atomic E-state index is -2.99. The Morgan fingerprint density at radius 1 is 1.29 bits per heavy atom. The van der Waals surface area contributed by atoms with Crippen molar-refractivity contribution in [3.63, 3.8) is 0 Å². The van der Waals surface area contributed by atoms with Gasteiger partial charge in [-0.2, -0.15) is 0 Å². The molecule has 0 radical (unpaired) electrons. The van der Waals surface area contributed by atoms with Crippen molar-refractivity contribution in [1.82, 2.24) is 0 Å². The molecule has 0 aliphatic carbocycles. The van der Waals surface area contributed by atoms with E-state index in [9.17, 15) is 13.2 Å². The van der Waals surface area contributed by atoms with Gasteiger partial charge in [-0.25, -0.2) is 8.42 Å². The minimum Gasteiger partial charge on any atom is -0.349 e. The summed E-state index contributed by atoms with van der Waals surface area (Å²) in [5.74, 6) is -0.225. The van der Waals surface area contributed by atoms with Crippen LogP contribution in [0.1, 0.15) is 12.8 Å². The molecule has 0 spiro atoms. The summed E-state index contributed by atoms with van der Waals surface area (Å²) < 4.78 is 30.9. The zero-order valence-corrected chi connectivity index (χ0v) is 9.46. The maximum atomic E-state index is 11.2. The first kappa shape index (κ1) is 13.5. The Kier molecular flexibility index (Phi) is 5.90. The predicted octanol–water partition coefficient (Wildman–Crippen LogP) is -0.000800. The maximum Gasteiger partial charge on any atom is 0.217 e. The van der Waals surface area contributed by atoms with Crippen LogP contribution >= 0.6 is 0 Å². The molecule has 0 saturated heterocycles. The lowest BCUT2D eigenvalue weighted by atomic mass is 10.2. The SMILES string of the molecule is COC(OC)C(=O)CCCS(C)(=O)=O. The molecular formula is C8H16O5S. The number of carbonyl (C=O) groups excluding carboxylic acids is 1. The van der Waals surface area contributed by atoms with E-state index in [-0.39, 0.29) is 18.0 Å². The molecule has 0 unspecified atom stereocenters. The smallest absolute Gasteiger partial charge is 0.217 e. The Labute approximate surface area is 84.3 Å². The number of hydrogen-bond acceptors (Lipinski definition) is 5. The lowest BCUT2D eigenvalue weighted by Crippen LogP contribution is -2.25. The summed E-state index contributed by atoms with van der Waals surface area (Å²) in [6.07, 6.45) is 0.719. The third kappa shape index (κ3) is 6.06. The standard InChI is InChI=1S/C8H16O5S/c1-12-8(13-2)7(9)5-4-6-14(3,10)11/h8H,4-6H2,1-3H3. The molecule has 0 fully saturated rings. The fraction of sp³-hybridized carbons (Fsp3) is 0.875. The van der Waals surface area contributed by atoms with E-state index < -0.39 is 16.1 Å². The molecule has 84 valence electrons. The normalized spacial score (nSPS) is 12.0. The molecule has 0 N–H and O–H groups in total. The van der Waals surface area contributed by atoms with Gasteiger partial charge in [0.1, 0.15) is 9.84 Å². The number of carbonyl (C=O) groups is 1. The van der Waals surface area contributed by atoms with Gasteiger partial charge in [0.15, 0.2) is 5.78 Å². The molecule has 14 heavy (non-hydrogen) atoms. The van der Waals surface area contributed by atoms with Gasteiger partial charge in [-0.15, -0.1) is 0 Å². The molecule has 0 heterocycles. The summed E-state index contributed by atoms with van der Waals surface area (Å²) >= 11 is 0. The summed E-state index contributed by atoms with van der Waals surface area (Å²) in [4.78, 5) is 11.2. The quantitative estimate of drug-likeness (QED) is 0.569. The molecule has 0 aliphatic heterocycles. The van der Waals surface area contributed by atoms with Crippen LogP contribution in [0.5, 0.6) is 0 Å². The van der Waals surface area contributed by atoms with E-state index in [1.807, 2.05) is 0 Å². The van der Waals surface area contributed by atoms with Crippen LogP contribution in [0.3, 0.4) is 0 Å². The highest BCUT2D eigenvalue weighted by molar-refractivity contribution is 7.90. The molecule has 0 aromatic heterocycles. The first-order valence-corrected chi connectivity index (χ1v) is 6.23. The summed E-state index contributed by atoms with van der Waals surface area (Å²) in [7, 11) is -0.265. The lowest BCUT2D eigenvalue weighted by Gasteiger charge is -2.11. The van der Waals surface area contributed by atoms with Gasteiger partial charge in [-0.05, 0) is 6.42 Å². The van der Waals surface area contributed by atoms with Crippen LogP contribution in [0, 0.1) is 0 Å². The molecule has 0 rings (SSSR count). The Balaban J connectivity index is 3.85. The second-order valence-corrected chi connectivity index (χ2v) is 5.26. The van der Waals surface area contributed by atoms with E-state index in [1.54, 1.807) is 0 Å². The summed E-state index contributed by atoms with van der Waals surface area (Å²) in [6.45, 7) is 0. The molecule has 0 atom stereocenters. The maximum absolute atomic E-state index is 11.2. The van der Waals surface area contributed by atoms with Gasteiger partial charge in [0, 0.05) is 26.9 Å². The molecule has 0 bridgehead atoms. The molecule has 5 nitrogen and oxygen atoms in total. The van der Waals surface area contributed by atoms with Crippen molar-refractivity contribution in [2.75, 3.05) is 26.2 Å². The number of methoxy groups -OCH3 is 2. The van der Waals surface area contributed by atoms with Crippen LogP contribution in [0.15, 0.2) is 0 Å². The minimum absolute atomic E-state index is 0.0128. The van der Waals surface area contributed by atoms with E-state index in [0.29, 0.717) is 6.42 Å². The third-order valence-electron chi connectivity index (χ3n) is 1.63. The van der Waals surface area contributed by atoms with Gasteiger partial charge in [-0.1, -0.05) is 0 Å². The number of Topliss-reactive ketones (excluding diaryl/α,β-unsaturated/α-hetero) is 1. The second kappa shape index (κ2) is 6.10. The van der Waals surface area contributed by atoms with Crippen molar-refractivity contribution in [2.24, 2.45) is 0 Å². The zero-order chi connectivity index (χ0) is 11.2. The van der Waals surface area contributed by atoms with Crippen molar-refractivity contribution in [3.8, 4) is 0 Å². The third-order valence-corrected chi connectivity index (χ3v) is 2.66. The van der Waals surface area contributed by atoms with Crippen LogP contribution in [-0.2, 0) is 24.1 Å². The van der Waals surface area contributed by atoms with Crippen molar-refractivity contribution in [1.29, 1.82) is 0 Å². The average Bonchev–Trinajstić information content (AvgIpc) is 2.04. The van der Waals surface area contributed by atoms with E-state index >= 15 is 0 Å². The van der Waals surface area contributed by atoms with Gasteiger partial charge in [-0.3, -0.25) is 4.79 Å². The number of ether oxygens (including phenoxy) is 2. The first-order valence-electron chi connectivity index (χ1n) is 4.16. The lowest BCUT2D eigenvalue weighted by molar-refractivity contribution is -0.156. The van der Waals surface area contributed by atoms with Crippen LogP contribution in [0.2, 0.25) is 0 Å². The van der Waals surface area contributed by atoms with Crippen molar-refractivity contribution in [2.45, 2.75) is 19.1 Å². The number of hydrogen-bond donors (Lipinski definition) is 0. The fourth-order valence-corrected chi connectivity index (χ4v) is 1.65. The monoisotopic (exact) mass is 224 g/mol. The molecular weight excluding hydrogens is 208 g/mol. The van der Waals surface area contributed by atoms with E-state index in [2.05, 4.69) is 0 Å². The van der Waals surface area contributed by atoms with E-state index in [1.165, 1.54) is 14.2 Å². The molecule has 0 aromatic carbocycles. The van der Waals surface area contributed by atoms with Crippen LogP contribution in [0.25, 0.3) is 0 Å². The zero-order valence-electron chi connectivity index (χ0n) is 8.65. The number of rotatable bonds is 7. The first-order chi connectivity index (χ1) is 6.40. The van der Waals surface area contributed by atoms with Gasteiger partial charge in [0.05, 0.1) is 5.75 Å². The van der Waals surface area contributed by atoms with Gasteiger partial charge >= 0.3 is 0 Å². The van der Waals surface area contributed by atoms with Crippen LogP contribution < -0.4 is 0 Å². The summed E-state index contributed by atoms with van der Waals surface area (Å²) in [5.41, 5.74) is 0. The average molecular weight is 224 g/mol. The predicted molar refractivity (Wildman–Crippen MR) is 51.8 cm³/mol. The molecule has 0 aliphatic rings. The Bertz CT molecular complexity index is 265. The Morgan fingerprint density at radius 2 is 1.79 bits per heavy atom. The summed E-state index contributed by atoms with van der Waals surface area (Å²) in [6, 6.07) is 0. The topological polar surface area (TPSA) is 69.7 Å². The highest BCUT2D eigenvalue weighted by Crippen LogP contribution is 2.02. The van der Waals surface area contributed by atoms with Crippen molar-refractivity contribution >= 4 is 15.6 Å². The van der Waals surface area contributed by atoms with Crippen LogP contribution in [0.4, 0.5) is 0 Å². The Hall–Kier alpha value is -0.460. The van der Waals surface area contributed by atoms with Crippen molar-refractivity contribution in [3.05, 3.63) is 0 Å². The second-order valence-electron chi connectivity index (χ2n) is 3.00. The molecule has 6 heteroatoms. The fourth-order valence-electron chi connectivity index (χ4n) is 0.986. The molecule has 0 amide bonds. The van der Waals surface area contributed by atoms with Gasteiger partial charge < -0.3 is 9.47 Å². The van der Waals surface area contributed by atoms with Gasteiger partial charge in [0.2, 0.25) is 6.29 Å². The molecule has 0 saturated carbocycles. The Morgan fingerprint density at radius 3 is 2.14 bits per heavy atom.